The average Bonchev–Trinajstić information content (AvgIpc) is 2.90. The third-order valence-corrected chi connectivity index (χ3v) is 2.96. The van der Waals surface area contributed by atoms with Gasteiger partial charge in [0.05, 0.1) is 11.8 Å². The second-order valence-electron chi connectivity index (χ2n) is 4.45. The number of nitrogen functional groups attached to an aromatic ring is 2. The Morgan fingerprint density at radius 3 is 2.85 bits per heavy atom. The average molecular weight is 279 g/mol. The molecule has 0 saturated carbocycles. The summed E-state index contributed by atoms with van der Waals surface area (Å²) in [5.41, 5.74) is 11.1. The Morgan fingerprint density at radius 1 is 1.40 bits per heavy atom. The van der Waals surface area contributed by atoms with Crippen LogP contribution in [0.15, 0.2) is 21.7 Å². The van der Waals surface area contributed by atoms with Crippen LogP contribution in [0.5, 0.6) is 0 Å². The Labute approximate surface area is 114 Å². The van der Waals surface area contributed by atoms with E-state index in [1.165, 1.54) is 12.5 Å². The Balaban J connectivity index is 1.83. The van der Waals surface area contributed by atoms with Gasteiger partial charge in [-0.1, -0.05) is 6.42 Å². The maximum Gasteiger partial charge on any atom is 0.257 e. The lowest BCUT2D eigenvalue weighted by atomic mass is 10.1. The van der Waals surface area contributed by atoms with Gasteiger partial charge in [0.15, 0.2) is 0 Å². The molecule has 0 fully saturated rings. The highest BCUT2D eigenvalue weighted by molar-refractivity contribution is 5.41. The number of anilines is 2. The number of nitrogens with two attached hydrogens (primary N) is 2. The van der Waals surface area contributed by atoms with Gasteiger partial charge in [-0.05, 0) is 19.3 Å². The molecule has 1 unspecified atom stereocenters. The molecule has 0 bridgehead atoms. The van der Waals surface area contributed by atoms with Crippen molar-refractivity contribution in [2.75, 3.05) is 11.5 Å². The molecule has 8 heteroatoms. The van der Waals surface area contributed by atoms with Crippen LogP contribution in [-0.4, -0.2) is 20.1 Å². The van der Waals surface area contributed by atoms with E-state index in [0.717, 1.165) is 0 Å². The van der Waals surface area contributed by atoms with Crippen molar-refractivity contribution in [3.8, 4) is 0 Å². The van der Waals surface area contributed by atoms with Crippen LogP contribution in [0.1, 0.15) is 36.8 Å². The van der Waals surface area contributed by atoms with Crippen LogP contribution in [0.25, 0.3) is 0 Å². The molecule has 2 heterocycles. The van der Waals surface area contributed by atoms with E-state index in [9.17, 15) is 9.90 Å². The normalized spacial score (nSPS) is 12.4. The summed E-state index contributed by atoms with van der Waals surface area (Å²) < 4.78 is 5.00. The maximum absolute atomic E-state index is 11.6. The summed E-state index contributed by atoms with van der Waals surface area (Å²) in [6.45, 7) is 0. The Hall–Kier alpha value is -2.35. The topological polar surface area (TPSA) is 144 Å². The van der Waals surface area contributed by atoms with Crippen molar-refractivity contribution in [2.24, 2.45) is 0 Å². The molecule has 108 valence electrons. The lowest BCUT2D eigenvalue weighted by molar-refractivity contribution is 0.131. The first kappa shape index (κ1) is 14.1. The van der Waals surface area contributed by atoms with Crippen LogP contribution in [0, 0.1) is 0 Å². The number of H-pyrrole nitrogens is 1. The lowest BCUT2D eigenvalue weighted by Crippen LogP contribution is -2.19. The zero-order chi connectivity index (χ0) is 14.5. The molecule has 0 aliphatic carbocycles. The number of hydrogen-bond acceptors (Lipinski definition) is 7. The third kappa shape index (κ3) is 3.35. The second-order valence-corrected chi connectivity index (χ2v) is 4.45. The highest BCUT2D eigenvalue weighted by Gasteiger charge is 2.12. The van der Waals surface area contributed by atoms with Gasteiger partial charge in [-0.25, -0.2) is 4.98 Å². The van der Waals surface area contributed by atoms with Gasteiger partial charge in [-0.15, -0.1) is 0 Å². The zero-order valence-electron chi connectivity index (χ0n) is 10.9. The van der Waals surface area contributed by atoms with E-state index < -0.39 is 6.10 Å². The van der Waals surface area contributed by atoms with Gasteiger partial charge in [-0.2, -0.15) is 4.98 Å². The number of nitrogens with zero attached hydrogens (tertiary/aromatic N) is 2. The quantitative estimate of drug-likeness (QED) is 0.559. The monoisotopic (exact) mass is 279 g/mol. The first-order chi connectivity index (χ1) is 9.58. The highest BCUT2D eigenvalue weighted by Crippen LogP contribution is 2.18. The molecule has 2 aromatic heterocycles. The maximum atomic E-state index is 11.6. The van der Waals surface area contributed by atoms with Crippen LogP contribution >= 0.6 is 0 Å². The molecule has 8 nitrogen and oxygen atoms in total. The van der Waals surface area contributed by atoms with E-state index in [2.05, 4.69) is 15.0 Å². The number of aliphatic hydroxyl groups is 1. The Morgan fingerprint density at radius 2 is 2.20 bits per heavy atom. The van der Waals surface area contributed by atoms with E-state index in [1.807, 2.05) is 0 Å². The molecule has 20 heavy (non-hydrogen) atoms. The van der Waals surface area contributed by atoms with Crippen molar-refractivity contribution < 1.29 is 9.52 Å². The summed E-state index contributed by atoms with van der Waals surface area (Å²) >= 11 is 0. The van der Waals surface area contributed by atoms with Gasteiger partial charge >= 0.3 is 0 Å². The molecular formula is C12H17N5O3. The number of rotatable bonds is 6. The summed E-state index contributed by atoms with van der Waals surface area (Å²) in [4.78, 5) is 21.7. The smallest absolute Gasteiger partial charge is 0.257 e. The fraction of sp³-hybridized carbons (Fsp3) is 0.417. The van der Waals surface area contributed by atoms with Crippen LogP contribution < -0.4 is 17.0 Å². The molecule has 6 N–H and O–H groups in total. The molecule has 0 aromatic carbocycles. The van der Waals surface area contributed by atoms with Crippen molar-refractivity contribution >= 4 is 11.8 Å². The number of aromatic amines is 1. The summed E-state index contributed by atoms with van der Waals surface area (Å²) in [6, 6.07) is 0. The largest absolute Gasteiger partial charge is 0.446 e. The van der Waals surface area contributed by atoms with E-state index in [-0.39, 0.29) is 17.3 Å². The molecule has 1 atom stereocenters. The highest BCUT2D eigenvalue weighted by atomic mass is 16.4. The van der Waals surface area contributed by atoms with Gasteiger partial charge < -0.3 is 21.0 Å². The van der Waals surface area contributed by atoms with E-state index >= 15 is 0 Å². The van der Waals surface area contributed by atoms with Gasteiger partial charge in [0.2, 0.25) is 11.8 Å². The standard InChI is InChI=1S/C12H17N5O3/c13-9-7(10(19)17-12(14)16-9)3-1-2-4-8(18)11-15-5-6-20-11/h5-6,8,18H,1-4H2,(H5,13,14,16,17,19). The SMILES string of the molecule is Nc1nc(N)c(CCCCC(O)c2ncco2)c(=O)[nH]1. The van der Waals surface area contributed by atoms with E-state index in [0.29, 0.717) is 37.1 Å². The van der Waals surface area contributed by atoms with E-state index in [1.54, 1.807) is 0 Å². The van der Waals surface area contributed by atoms with Crippen molar-refractivity contribution in [3.05, 3.63) is 34.3 Å². The number of aromatic nitrogens is 3. The predicted molar refractivity (Wildman–Crippen MR) is 72.7 cm³/mol. The second kappa shape index (κ2) is 6.20. The first-order valence-electron chi connectivity index (χ1n) is 6.29. The fourth-order valence-electron chi connectivity index (χ4n) is 1.94. The van der Waals surface area contributed by atoms with E-state index in [4.69, 9.17) is 15.9 Å². The summed E-state index contributed by atoms with van der Waals surface area (Å²) in [5, 5.41) is 9.77. The van der Waals surface area contributed by atoms with Crippen molar-refractivity contribution in [3.63, 3.8) is 0 Å². The fourth-order valence-corrected chi connectivity index (χ4v) is 1.94. The molecule has 0 spiro atoms. The molecule has 0 aliphatic heterocycles. The minimum absolute atomic E-state index is 0.00978. The third-order valence-electron chi connectivity index (χ3n) is 2.96. The van der Waals surface area contributed by atoms with Crippen LogP contribution in [0.4, 0.5) is 11.8 Å². The van der Waals surface area contributed by atoms with Crippen LogP contribution in [-0.2, 0) is 6.42 Å². The Kier molecular flexibility index (Phi) is 4.36. The van der Waals surface area contributed by atoms with Crippen molar-refractivity contribution in [1.29, 1.82) is 0 Å². The molecular weight excluding hydrogens is 262 g/mol. The number of oxazole rings is 1. The molecule has 2 rings (SSSR count). The first-order valence-corrected chi connectivity index (χ1v) is 6.29. The number of unbranched alkanes of at least 4 members (excludes halogenated alkanes) is 1. The Bertz CT molecular complexity index is 608. The van der Waals surface area contributed by atoms with Crippen molar-refractivity contribution in [1.82, 2.24) is 15.0 Å². The summed E-state index contributed by atoms with van der Waals surface area (Å²) in [7, 11) is 0. The van der Waals surface area contributed by atoms with Crippen LogP contribution in [0.3, 0.4) is 0 Å². The number of aliphatic hydroxyl groups excluding tert-OH is 1. The summed E-state index contributed by atoms with van der Waals surface area (Å²) in [5.74, 6) is 0.464. The van der Waals surface area contributed by atoms with Gasteiger partial charge in [0, 0.05) is 0 Å². The number of nitrogens with one attached hydrogen (secondary N) is 1. The van der Waals surface area contributed by atoms with Crippen LogP contribution in [0.2, 0.25) is 0 Å². The molecule has 0 aliphatic rings. The lowest BCUT2D eigenvalue weighted by Gasteiger charge is -2.07. The zero-order valence-corrected chi connectivity index (χ0v) is 10.9. The minimum Gasteiger partial charge on any atom is -0.446 e. The number of hydrogen-bond donors (Lipinski definition) is 4. The molecule has 0 radical (unpaired) electrons. The minimum atomic E-state index is -0.731. The van der Waals surface area contributed by atoms with Crippen molar-refractivity contribution in [2.45, 2.75) is 31.8 Å². The van der Waals surface area contributed by atoms with Gasteiger partial charge in [-0.3, -0.25) is 9.78 Å². The molecule has 0 amide bonds. The molecule has 0 saturated heterocycles. The van der Waals surface area contributed by atoms with Gasteiger partial charge in [0.1, 0.15) is 18.2 Å². The molecule has 2 aromatic rings. The summed E-state index contributed by atoms with van der Waals surface area (Å²) in [6.07, 6.45) is 4.54. The predicted octanol–water partition coefficient (Wildman–Crippen LogP) is 0.369. The van der Waals surface area contributed by atoms with Gasteiger partial charge in [0.25, 0.3) is 5.56 Å².